The van der Waals surface area contributed by atoms with Crippen LogP contribution in [0.4, 0.5) is 0 Å². The Morgan fingerprint density at radius 2 is 1.41 bits per heavy atom. The maximum Gasteiger partial charge on any atom is 0.472 e. The summed E-state index contributed by atoms with van der Waals surface area (Å²) in [6.45, 7) is 2.27. The highest BCUT2D eigenvalue weighted by atomic mass is 31.2. The molecule has 0 spiro atoms. The lowest BCUT2D eigenvalue weighted by Crippen LogP contribution is -2.34. The number of phosphoric ester groups is 1. The first-order valence-corrected chi connectivity index (χ1v) is 15.4. The molecular formula is C27H48NO10P. The first kappa shape index (κ1) is 37.0. The van der Waals surface area contributed by atoms with E-state index in [9.17, 15) is 23.8 Å². The van der Waals surface area contributed by atoms with Crippen molar-refractivity contribution in [1.29, 1.82) is 0 Å². The summed E-state index contributed by atoms with van der Waals surface area (Å²) in [5, 5.41) is 8.73. The second-order valence-electron chi connectivity index (χ2n) is 9.18. The highest BCUT2D eigenvalue weighted by Gasteiger charge is 2.28. The lowest BCUT2D eigenvalue weighted by molar-refractivity contribution is -0.161. The number of carbonyl (C=O) groups is 3. The third kappa shape index (κ3) is 23.6. The van der Waals surface area contributed by atoms with Gasteiger partial charge in [0.2, 0.25) is 0 Å². The number of phosphoric acid groups is 1. The molecule has 0 radical (unpaired) electrons. The standard InChI is InChI=1S/C27H48NO10P/c1-3-5-6-7-8-9-10-11-12-13-14-15-16-17-19-26(30)38-23(20-35-25(29)18-4-2)21-36-39(33,34)37-22-24(28)27(31)32/h7-8,10-11,23-24H,3-6,9,12-22,28H2,1-2H3,(H,31,32)(H,33,34)/b8-7-,11-10-. The molecule has 39 heavy (non-hydrogen) atoms. The molecule has 0 aromatic rings. The topological polar surface area (TPSA) is 172 Å². The predicted molar refractivity (Wildman–Crippen MR) is 148 cm³/mol. The molecule has 0 aliphatic rings. The van der Waals surface area contributed by atoms with E-state index in [1.807, 2.05) is 0 Å². The van der Waals surface area contributed by atoms with E-state index in [0.29, 0.717) is 12.8 Å². The van der Waals surface area contributed by atoms with Crippen molar-refractivity contribution in [3.8, 4) is 0 Å². The van der Waals surface area contributed by atoms with Crippen LogP contribution in [0.15, 0.2) is 24.3 Å². The van der Waals surface area contributed by atoms with Gasteiger partial charge in [0.05, 0.1) is 13.2 Å². The van der Waals surface area contributed by atoms with Crippen molar-refractivity contribution < 1.29 is 47.5 Å². The van der Waals surface area contributed by atoms with Crippen LogP contribution in [0.2, 0.25) is 0 Å². The molecule has 0 aromatic heterocycles. The van der Waals surface area contributed by atoms with Gasteiger partial charge in [0, 0.05) is 12.8 Å². The van der Waals surface area contributed by atoms with Gasteiger partial charge in [0.15, 0.2) is 6.10 Å². The Bertz CT molecular complexity index is 787. The number of unbranched alkanes of at least 4 members (excludes halogenated alkanes) is 7. The van der Waals surface area contributed by atoms with Gasteiger partial charge in [-0.05, 0) is 38.5 Å². The van der Waals surface area contributed by atoms with E-state index in [1.165, 1.54) is 12.8 Å². The van der Waals surface area contributed by atoms with Crippen LogP contribution in [0.1, 0.15) is 97.3 Å². The minimum Gasteiger partial charge on any atom is -0.480 e. The minimum absolute atomic E-state index is 0.143. The van der Waals surface area contributed by atoms with E-state index < -0.39 is 51.1 Å². The molecule has 11 nitrogen and oxygen atoms in total. The lowest BCUT2D eigenvalue weighted by Gasteiger charge is -2.20. The third-order valence-corrected chi connectivity index (χ3v) is 6.37. The van der Waals surface area contributed by atoms with Gasteiger partial charge >= 0.3 is 25.7 Å². The smallest absolute Gasteiger partial charge is 0.472 e. The Morgan fingerprint density at radius 3 is 2.05 bits per heavy atom. The molecular weight excluding hydrogens is 529 g/mol. The van der Waals surface area contributed by atoms with Crippen LogP contribution in [0.3, 0.4) is 0 Å². The summed E-state index contributed by atoms with van der Waals surface area (Å²) >= 11 is 0. The number of hydrogen-bond donors (Lipinski definition) is 3. The maximum atomic E-state index is 12.3. The van der Waals surface area contributed by atoms with Crippen molar-refractivity contribution in [2.24, 2.45) is 5.73 Å². The second-order valence-corrected chi connectivity index (χ2v) is 10.6. The van der Waals surface area contributed by atoms with Gasteiger partial charge in [0.1, 0.15) is 12.6 Å². The van der Waals surface area contributed by atoms with Gasteiger partial charge in [0.25, 0.3) is 0 Å². The number of allylic oxidation sites excluding steroid dienone is 4. The molecule has 3 unspecified atom stereocenters. The van der Waals surface area contributed by atoms with E-state index in [-0.39, 0.29) is 19.4 Å². The molecule has 3 atom stereocenters. The fraction of sp³-hybridized carbons (Fsp3) is 0.741. The van der Waals surface area contributed by atoms with Crippen molar-refractivity contribution in [1.82, 2.24) is 0 Å². The van der Waals surface area contributed by atoms with Gasteiger partial charge in [-0.2, -0.15) is 0 Å². The SMILES string of the molecule is CCCC/C=C\C/C=C\CCCCCCCC(=O)OC(COC(=O)CCC)COP(=O)(O)OCC(N)C(=O)O. The maximum absolute atomic E-state index is 12.3. The van der Waals surface area contributed by atoms with Crippen LogP contribution < -0.4 is 5.73 Å². The van der Waals surface area contributed by atoms with Crippen LogP contribution in [-0.2, 0) is 37.5 Å². The lowest BCUT2D eigenvalue weighted by atomic mass is 10.1. The predicted octanol–water partition coefficient (Wildman–Crippen LogP) is 5.21. The summed E-state index contributed by atoms with van der Waals surface area (Å²) in [6, 6.07) is -1.52. The number of carboxylic acid groups (broad SMARTS) is 1. The van der Waals surface area contributed by atoms with Crippen LogP contribution in [0, 0.1) is 0 Å². The number of ether oxygens (including phenoxy) is 2. The zero-order valence-corrected chi connectivity index (χ0v) is 24.4. The normalized spacial score (nSPS) is 14.8. The number of hydrogen-bond acceptors (Lipinski definition) is 9. The van der Waals surface area contributed by atoms with E-state index in [4.69, 9.17) is 24.8 Å². The zero-order valence-electron chi connectivity index (χ0n) is 23.5. The molecule has 0 aromatic carbocycles. The largest absolute Gasteiger partial charge is 0.480 e. The Kier molecular flexibility index (Phi) is 22.6. The number of carboxylic acids is 1. The van der Waals surface area contributed by atoms with Crippen molar-refractivity contribution in [2.45, 2.75) is 109 Å². The van der Waals surface area contributed by atoms with E-state index in [1.54, 1.807) is 6.92 Å². The first-order valence-electron chi connectivity index (χ1n) is 13.9. The van der Waals surface area contributed by atoms with Crippen LogP contribution in [0.5, 0.6) is 0 Å². The molecule has 12 heteroatoms. The Balaban J connectivity index is 4.33. The molecule has 0 saturated heterocycles. The molecule has 0 rings (SSSR count). The summed E-state index contributed by atoms with van der Waals surface area (Å²) in [7, 11) is -4.68. The molecule has 4 N–H and O–H groups in total. The van der Waals surface area contributed by atoms with Crippen LogP contribution in [-0.4, -0.2) is 59.9 Å². The summed E-state index contributed by atoms with van der Waals surface area (Å²) in [6.07, 6.45) is 18.8. The fourth-order valence-corrected chi connectivity index (χ4v) is 3.95. The molecule has 0 saturated carbocycles. The zero-order chi connectivity index (χ0) is 29.4. The van der Waals surface area contributed by atoms with E-state index in [0.717, 1.165) is 44.9 Å². The highest BCUT2D eigenvalue weighted by molar-refractivity contribution is 7.47. The van der Waals surface area contributed by atoms with Crippen molar-refractivity contribution >= 4 is 25.7 Å². The average Bonchev–Trinajstić information content (AvgIpc) is 2.89. The van der Waals surface area contributed by atoms with Gasteiger partial charge in [-0.1, -0.05) is 70.3 Å². The summed E-state index contributed by atoms with van der Waals surface area (Å²) in [5.74, 6) is -2.47. The Morgan fingerprint density at radius 1 is 0.795 bits per heavy atom. The minimum atomic E-state index is -4.68. The van der Waals surface area contributed by atoms with Crippen molar-refractivity contribution in [3.05, 3.63) is 24.3 Å². The van der Waals surface area contributed by atoms with E-state index >= 15 is 0 Å². The molecule has 0 heterocycles. The third-order valence-electron chi connectivity index (χ3n) is 5.42. The Labute approximate surface area is 232 Å². The second kappa shape index (κ2) is 23.8. The molecule has 0 aliphatic heterocycles. The van der Waals surface area contributed by atoms with Gasteiger partial charge in [-0.15, -0.1) is 0 Å². The van der Waals surface area contributed by atoms with E-state index in [2.05, 4.69) is 35.8 Å². The summed E-state index contributed by atoms with van der Waals surface area (Å²) in [5.41, 5.74) is 5.24. The number of nitrogens with two attached hydrogens (primary N) is 1. The van der Waals surface area contributed by atoms with Gasteiger partial charge < -0.3 is 25.2 Å². The number of esters is 2. The van der Waals surface area contributed by atoms with Crippen LogP contribution >= 0.6 is 7.82 Å². The molecule has 0 amide bonds. The van der Waals surface area contributed by atoms with Crippen molar-refractivity contribution in [3.63, 3.8) is 0 Å². The molecule has 0 bridgehead atoms. The quantitative estimate of drug-likeness (QED) is 0.0563. The van der Waals surface area contributed by atoms with Gasteiger partial charge in [-0.3, -0.25) is 23.4 Å². The van der Waals surface area contributed by atoms with Gasteiger partial charge in [-0.25, -0.2) is 4.57 Å². The Hall–Kier alpha value is -2.04. The summed E-state index contributed by atoms with van der Waals surface area (Å²) < 4.78 is 31.7. The fourth-order valence-electron chi connectivity index (χ4n) is 3.17. The molecule has 0 fully saturated rings. The number of rotatable bonds is 25. The number of aliphatic carboxylic acids is 1. The molecule has 226 valence electrons. The average molecular weight is 578 g/mol. The van der Waals surface area contributed by atoms with Crippen molar-refractivity contribution in [2.75, 3.05) is 19.8 Å². The highest BCUT2D eigenvalue weighted by Crippen LogP contribution is 2.43. The van der Waals surface area contributed by atoms with Crippen LogP contribution in [0.25, 0.3) is 0 Å². The first-order chi connectivity index (χ1) is 18.6. The summed E-state index contributed by atoms with van der Waals surface area (Å²) in [4.78, 5) is 44.4. The molecule has 0 aliphatic carbocycles. The monoisotopic (exact) mass is 577 g/mol. The number of carbonyl (C=O) groups excluding carboxylic acids is 2.